The van der Waals surface area contributed by atoms with Crippen molar-refractivity contribution in [2.24, 2.45) is 0 Å². The molecule has 0 saturated carbocycles. The van der Waals surface area contributed by atoms with E-state index in [4.69, 9.17) is 23.2 Å². The molecule has 7 heteroatoms. The van der Waals surface area contributed by atoms with Gasteiger partial charge < -0.3 is 4.98 Å². The highest BCUT2D eigenvalue weighted by Crippen LogP contribution is 2.30. The molecule has 0 fully saturated rings. The van der Waals surface area contributed by atoms with Crippen LogP contribution in [0, 0.1) is 6.92 Å². The van der Waals surface area contributed by atoms with Crippen LogP contribution in [0.4, 0.5) is 0 Å². The third kappa shape index (κ3) is 2.54. The number of aryl methyl sites for hydroxylation is 1. The molecule has 2 aromatic heterocycles. The van der Waals surface area contributed by atoms with Gasteiger partial charge in [-0.15, -0.1) is 0 Å². The predicted octanol–water partition coefficient (Wildman–Crippen LogP) is 4.12. The lowest BCUT2D eigenvalue weighted by molar-refractivity contribution is 1.01. The van der Waals surface area contributed by atoms with Crippen molar-refractivity contribution in [2.45, 2.75) is 17.1 Å². The smallest absolute Gasteiger partial charge is 0.171 e. The summed E-state index contributed by atoms with van der Waals surface area (Å²) in [6, 6.07) is 3.44. The fourth-order valence-electron chi connectivity index (χ4n) is 1.62. The maximum Gasteiger partial charge on any atom is 0.171 e. The van der Waals surface area contributed by atoms with E-state index >= 15 is 0 Å². The highest BCUT2D eigenvalue weighted by molar-refractivity contribution is 7.99. The molecular weight excluding hydrogens is 303 g/mol. The predicted molar refractivity (Wildman–Crippen MR) is 77.0 cm³/mol. The van der Waals surface area contributed by atoms with Gasteiger partial charge in [-0.3, -0.25) is 0 Å². The van der Waals surface area contributed by atoms with E-state index in [1.807, 2.05) is 6.92 Å². The Kier molecular flexibility index (Phi) is 3.35. The minimum absolute atomic E-state index is 0.473. The molecule has 0 aliphatic heterocycles. The van der Waals surface area contributed by atoms with E-state index in [0.717, 1.165) is 21.4 Å². The van der Waals surface area contributed by atoms with E-state index in [1.54, 1.807) is 24.5 Å². The van der Waals surface area contributed by atoms with Crippen LogP contribution in [0.2, 0.25) is 10.0 Å². The number of H-pyrrole nitrogens is 1. The van der Waals surface area contributed by atoms with Gasteiger partial charge in [0.1, 0.15) is 5.03 Å². The van der Waals surface area contributed by atoms with Crippen molar-refractivity contribution in [2.75, 3.05) is 0 Å². The summed E-state index contributed by atoms with van der Waals surface area (Å²) >= 11 is 13.4. The number of fused-ring (bicyclic) bond motifs is 1. The quantitative estimate of drug-likeness (QED) is 0.773. The molecule has 0 unspecified atom stereocenters. The van der Waals surface area contributed by atoms with E-state index in [0.29, 0.717) is 15.6 Å². The first-order valence-corrected chi connectivity index (χ1v) is 7.01. The van der Waals surface area contributed by atoms with Gasteiger partial charge in [-0.05, 0) is 30.8 Å². The van der Waals surface area contributed by atoms with Crippen molar-refractivity contribution in [3.8, 4) is 0 Å². The van der Waals surface area contributed by atoms with Gasteiger partial charge in [0, 0.05) is 12.4 Å². The Morgan fingerprint density at radius 3 is 2.42 bits per heavy atom. The zero-order valence-electron chi connectivity index (χ0n) is 9.82. The Bertz CT molecular complexity index is 743. The van der Waals surface area contributed by atoms with Crippen molar-refractivity contribution in [1.29, 1.82) is 0 Å². The molecule has 0 atom stereocenters. The molecule has 0 amide bonds. The highest BCUT2D eigenvalue weighted by atomic mass is 35.5. The van der Waals surface area contributed by atoms with Crippen molar-refractivity contribution in [1.82, 2.24) is 19.9 Å². The number of benzene rings is 1. The number of aromatic nitrogens is 4. The average Bonchev–Trinajstić information content (AvgIpc) is 2.86. The molecule has 3 aromatic rings. The Morgan fingerprint density at radius 1 is 1.11 bits per heavy atom. The summed E-state index contributed by atoms with van der Waals surface area (Å²) in [5.74, 6) is 0. The topological polar surface area (TPSA) is 54.5 Å². The van der Waals surface area contributed by atoms with Crippen molar-refractivity contribution >= 4 is 46.0 Å². The number of aromatic amines is 1. The van der Waals surface area contributed by atoms with Gasteiger partial charge in [0.25, 0.3) is 0 Å². The number of hydrogen-bond donors (Lipinski definition) is 1. The normalized spacial score (nSPS) is 11.1. The van der Waals surface area contributed by atoms with E-state index in [-0.39, 0.29) is 0 Å². The van der Waals surface area contributed by atoms with Crippen LogP contribution in [0.15, 0.2) is 34.7 Å². The number of rotatable bonds is 2. The van der Waals surface area contributed by atoms with Crippen LogP contribution in [0.1, 0.15) is 5.69 Å². The van der Waals surface area contributed by atoms with Crippen LogP contribution in [0.3, 0.4) is 0 Å². The maximum absolute atomic E-state index is 6.00. The summed E-state index contributed by atoms with van der Waals surface area (Å²) in [5.41, 5.74) is 2.28. The third-order valence-corrected chi connectivity index (χ3v) is 4.22. The van der Waals surface area contributed by atoms with Gasteiger partial charge in [-0.1, -0.05) is 23.2 Å². The molecule has 0 radical (unpaired) electrons. The number of nitrogens with zero attached hydrogens (tertiary/aromatic N) is 3. The monoisotopic (exact) mass is 310 g/mol. The first-order valence-electron chi connectivity index (χ1n) is 5.44. The Morgan fingerprint density at radius 2 is 1.79 bits per heavy atom. The van der Waals surface area contributed by atoms with Crippen molar-refractivity contribution in [3.63, 3.8) is 0 Å². The molecule has 3 rings (SSSR count). The van der Waals surface area contributed by atoms with Crippen LogP contribution in [-0.2, 0) is 0 Å². The zero-order valence-corrected chi connectivity index (χ0v) is 12.1. The molecule has 1 aromatic carbocycles. The summed E-state index contributed by atoms with van der Waals surface area (Å²) in [7, 11) is 0. The summed E-state index contributed by atoms with van der Waals surface area (Å²) < 4.78 is 0. The fourth-order valence-corrected chi connectivity index (χ4v) is 2.70. The number of hydrogen-bond acceptors (Lipinski definition) is 4. The Balaban J connectivity index is 2.10. The molecule has 2 heterocycles. The number of halogens is 2. The Labute approximate surface area is 123 Å². The van der Waals surface area contributed by atoms with Gasteiger partial charge in [-0.25, -0.2) is 15.0 Å². The lowest BCUT2D eigenvalue weighted by atomic mass is 10.3. The molecule has 0 aliphatic carbocycles. The van der Waals surface area contributed by atoms with Crippen LogP contribution in [-0.4, -0.2) is 19.9 Å². The summed E-state index contributed by atoms with van der Waals surface area (Å²) in [6.07, 6.45) is 3.46. The molecule has 19 heavy (non-hydrogen) atoms. The molecule has 1 N–H and O–H groups in total. The van der Waals surface area contributed by atoms with Crippen molar-refractivity contribution < 1.29 is 0 Å². The second kappa shape index (κ2) is 5.00. The Hall–Kier alpha value is -1.30. The molecule has 0 bridgehead atoms. The zero-order chi connectivity index (χ0) is 13.4. The fraction of sp³-hybridized carbons (Fsp3) is 0.0833. The molecule has 0 saturated heterocycles. The van der Waals surface area contributed by atoms with Crippen LogP contribution in [0.5, 0.6) is 0 Å². The van der Waals surface area contributed by atoms with Crippen LogP contribution < -0.4 is 0 Å². The lowest BCUT2D eigenvalue weighted by Crippen LogP contribution is -1.93. The van der Waals surface area contributed by atoms with Gasteiger partial charge in [-0.2, -0.15) is 0 Å². The van der Waals surface area contributed by atoms with E-state index in [2.05, 4.69) is 19.9 Å². The van der Waals surface area contributed by atoms with Crippen molar-refractivity contribution in [3.05, 3.63) is 40.3 Å². The van der Waals surface area contributed by atoms with E-state index in [1.165, 1.54) is 11.8 Å². The van der Waals surface area contributed by atoms with E-state index < -0.39 is 0 Å². The molecule has 0 spiro atoms. The second-order valence-electron chi connectivity index (χ2n) is 3.87. The average molecular weight is 311 g/mol. The second-order valence-corrected chi connectivity index (χ2v) is 5.66. The SMILES string of the molecule is Cc1nc2cc(Cl)c(Cl)cc2nc1Sc1ncc[nH]1. The molecule has 96 valence electrons. The maximum atomic E-state index is 6.00. The minimum Gasteiger partial charge on any atom is -0.339 e. The van der Waals surface area contributed by atoms with E-state index in [9.17, 15) is 0 Å². The third-order valence-electron chi connectivity index (χ3n) is 2.50. The highest BCUT2D eigenvalue weighted by Gasteiger charge is 2.10. The van der Waals surface area contributed by atoms with Gasteiger partial charge >= 0.3 is 0 Å². The van der Waals surface area contributed by atoms with Crippen LogP contribution >= 0.6 is 35.0 Å². The molecule has 4 nitrogen and oxygen atoms in total. The summed E-state index contributed by atoms with van der Waals surface area (Å²) in [4.78, 5) is 16.2. The first-order chi connectivity index (χ1) is 9.13. The lowest BCUT2D eigenvalue weighted by Gasteiger charge is -2.05. The first kappa shape index (κ1) is 12.7. The largest absolute Gasteiger partial charge is 0.339 e. The number of nitrogens with one attached hydrogen (secondary N) is 1. The van der Waals surface area contributed by atoms with Gasteiger partial charge in [0.05, 0.1) is 26.8 Å². The van der Waals surface area contributed by atoms with Gasteiger partial charge in [0.15, 0.2) is 5.16 Å². The van der Waals surface area contributed by atoms with Crippen LogP contribution in [0.25, 0.3) is 11.0 Å². The van der Waals surface area contributed by atoms with Gasteiger partial charge in [0.2, 0.25) is 0 Å². The number of imidazole rings is 1. The standard InChI is InChI=1S/C12H8Cl2N4S/c1-6-11(19-12-15-2-3-16-12)18-10-5-8(14)7(13)4-9(10)17-6/h2-5H,1H3,(H,15,16). The molecular formula is C12H8Cl2N4S. The summed E-state index contributed by atoms with van der Waals surface area (Å²) in [5, 5.41) is 2.52. The summed E-state index contributed by atoms with van der Waals surface area (Å²) in [6.45, 7) is 1.90. The molecule has 0 aliphatic rings. The minimum atomic E-state index is 0.473.